The van der Waals surface area contributed by atoms with Gasteiger partial charge in [0, 0.05) is 26.6 Å². The molecule has 1 amide bonds. The molecule has 3 rings (SSSR count). The van der Waals surface area contributed by atoms with Crippen molar-refractivity contribution in [2.75, 3.05) is 5.32 Å². The van der Waals surface area contributed by atoms with E-state index in [9.17, 15) is 4.79 Å². The molecule has 0 fully saturated rings. The molecule has 0 bridgehead atoms. The van der Waals surface area contributed by atoms with Gasteiger partial charge < -0.3 is 0 Å². The Morgan fingerprint density at radius 2 is 1.84 bits per heavy atom. The topological polar surface area (TPSA) is 42.0 Å². The van der Waals surface area contributed by atoms with Gasteiger partial charge in [0.2, 0.25) is 5.91 Å². The van der Waals surface area contributed by atoms with Crippen LogP contribution in [0, 0.1) is 6.92 Å². The minimum atomic E-state index is -0.244. The maximum Gasteiger partial charge on any atom is 0.250 e. The van der Waals surface area contributed by atoms with Crippen molar-refractivity contribution in [3.63, 3.8) is 0 Å². The fourth-order valence-electron chi connectivity index (χ4n) is 2.28. The van der Waals surface area contributed by atoms with Gasteiger partial charge in [-0.1, -0.05) is 47.5 Å². The largest absolute Gasteiger partial charge is 0.298 e. The highest BCUT2D eigenvalue weighted by Gasteiger charge is 2.11. The van der Waals surface area contributed by atoms with E-state index >= 15 is 0 Å². The van der Waals surface area contributed by atoms with E-state index in [0.29, 0.717) is 15.2 Å². The molecule has 0 saturated carbocycles. The predicted molar refractivity (Wildman–Crippen MR) is 106 cm³/mol. The number of amides is 1. The zero-order chi connectivity index (χ0) is 17.8. The number of aromatic nitrogens is 1. The molecule has 1 aromatic heterocycles. The first-order valence-corrected chi connectivity index (χ1v) is 9.06. The van der Waals surface area contributed by atoms with Gasteiger partial charge >= 0.3 is 0 Å². The molecule has 0 saturated heterocycles. The summed E-state index contributed by atoms with van der Waals surface area (Å²) in [6, 6.07) is 14.8. The molecular weight excluding hydrogens is 375 g/mol. The second-order valence-electron chi connectivity index (χ2n) is 5.31. The Hall–Kier alpha value is -2.14. The molecule has 6 heteroatoms. The third kappa shape index (κ3) is 4.69. The summed E-state index contributed by atoms with van der Waals surface area (Å²) in [5, 5.41) is 4.62. The van der Waals surface area contributed by atoms with E-state index in [1.165, 1.54) is 17.4 Å². The van der Waals surface area contributed by atoms with Gasteiger partial charge in [0.25, 0.3) is 0 Å². The van der Waals surface area contributed by atoms with Crippen LogP contribution in [-0.2, 0) is 4.79 Å². The standard InChI is InChI=1S/C19H14Cl2N2OS/c1-12-18(14-5-3-7-16(21)11-14)23-19(25-12)22-17(24)9-8-13-4-2-6-15(20)10-13/h2-11H,1H3,(H,22,23,24). The summed E-state index contributed by atoms with van der Waals surface area (Å²) < 4.78 is 0. The molecule has 1 heterocycles. The fourth-order valence-corrected chi connectivity index (χ4v) is 3.51. The molecule has 1 N–H and O–H groups in total. The molecule has 2 aromatic carbocycles. The quantitative estimate of drug-likeness (QED) is 0.550. The van der Waals surface area contributed by atoms with E-state index in [4.69, 9.17) is 23.2 Å². The number of thiazole rings is 1. The number of nitrogens with zero attached hydrogens (tertiary/aromatic N) is 1. The van der Waals surface area contributed by atoms with Crippen LogP contribution in [0.25, 0.3) is 17.3 Å². The van der Waals surface area contributed by atoms with Crippen LogP contribution in [0.5, 0.6) is 0 Å². The molecule has 0 aliphatic heterocycles. The van der Waals surface area contributed by atoms with Crippen molar-refractivity contribution in [3.05, 3.63) is 75.1 Å². The highest BCUT2D eigenvalue weighted by atomic mass is 35.5. The van der Waals surface area contributed by atoms with Gasteiger partial charge in [0.05, 0.1) is 5.69 Å². The second kappa shape index (κ2) is 7.83. The van der Waals surface area contributed by atoms with Crippen molar-refractivity contribution in [1.29, 1.82) is 0 Å². The van der Waals surface area contributed by atoms with Crippen LogP contribution >= 0.6 is 34.5 Å². The van der Waals surface area contributed by atoms with Crippen molar-refractivity contribution >= 4 is 51.7 Å². The number of hydrogen-bond donors (Lipinski definition) is 1. The number of anilines is 1. The first-order valence-electron chi connectivity index (χ1n) is 7.49. The van der Waals surface area contributed by atoms with Gasteiger partial charge in [-0.05, 0) is 42.8 Å². The van der Waals surface area contributed by atoms with E-state index in [2.05, 4.69) is 10.3 Å². The first-order chi connectivity index (χ1) is 12.0. The van der Waals surface area contributed by atoms with E-state index in [0.717, 1.165) is 21.7 Å². The van der Waals surface area contributed by atoms with E-state index in [-0.39, 0.29) is 5.91 Å². The first kappa shape index (κ1) is 17.7. The predicted octanol–water partition coefficient (Wildman–Crippen LogP) is 6.08. The zero-order valence-corrected chi connectivity index (χ0v) is 15.6. The lowest BCUT2D eigenvalue weighted by molar-refractivity contribution is -0.111. The Bertz CT molecular complexity index is 950. The number of halogens is 2. The number of benzene rings is 2. The van der Waals surface area contributed by atoms with Crippen LogP contribution in [0.2, 0.25) is 10.0 Å². The summed E-state index contributed by atoms with van der Waals surface area (Å²) in [5.74, 6) is -0.244. The lowest BCUT2D eigenvalue weighted by atomic mass is 10.1. The summed E-state index contributed by atoms with van der Waals surface area (Å²) >= 11 is 13.4. The van der Waals surface area contributed by atoms with Crippen LogP contribution in [-0.4, -0.2) is 10.9 Å². The minimum Gasteiger partial charge on any atom is -0.298 e. The summed E-state index contributed by atoms with van der Waals surface area (Å²) in [5.41, 5.74) is 2.61. The lowest BCUT2D eigenvalue weighted by Gasteiger charge is -1.99. The zero-order valence-electron chi connectivity index (χ0n) is 13.3. The third-order valence-electron chi connectivity index (χ3n) is 3.40. The highest BCUT2D eigenvalue weighted by molar-refractivity contribution is 7.16. The average Bonchev–Trinajstić information content (AvgIpc) is 2.93. The van der Waals surface area contributed by atoms with Crippen molar-refractivity contribution in [2.24, 2.45) is 0 Å². The molecule has 0 atom stereocenters. The van der Waals surface area contributed by atoms with Crippen molar-refractivity contribution < 1.29 is 4.79 Å². The number of rotatable bonds is 4. The van der Waals surface area contributed by atoms with Gasteiger partial charge in [-0.25, -0.2) is 4.98 Å². The molecule has 0 aliphatic carbocycles. The van der Waals surface area contributed by atoms with E-state index < -0.39 is 0 Å². The minimum absolute atomic E-state index is 0.244. The average molecular weight is 389 g/mol. The van der Waals surface area contributed by atoms with Crippen molar-refractivity contribution in [1.82, 2.24) is 4.98 Å². The maximum atomic E-state index is 12.1. The molecule has 3 aromatic rings. The van der Waals surface area contributed by atoms with Crippen molar-refractivity contribution in [3.8, 4) is 11.3 Å². The van der Waals surface area contributed by atoms with Crippen LogP contribution in [0.1, 0.15) is 10.4 Å². The lowest BCUT2D eigenvalue weighted by Crippen LogP contribution is -2.07. The summed E-state index contributed by atoms with van der Waals surface area (Å²) in [6.07, 6.45) is 3.17. The van der Waals surface area contributed by atoms with Gasteiger partial charge in [0.1, 0.15) is 0 Å². The normalized spacial score (nSPS) is 11.0. The molecular formula is C19H14Cl2N2OS. The highest BCUT2D eigenvalue weighted by Crippen LogP contribution is 2.31. The Morgan fingerprint density at radius 3 is 2.56 bits per heavy atom. The summed E-state index contributed by atoms with van der Waals surface area (Å²) in [4.78, 5) is 17.6. The summed E-state index contributed by atoms with van der Waals surface area (Å²) in [7, 11) is 0. The fraction of sp³-hybridized carbons (Fsp3) is 0.0526. The number of hydrogen-bond acceptors (Lipinski definition) is 3. The summed E-state index contributed by atoms with van der Waals surface area (Å²) in [6.45, 7) is 1.96. The molecule has 0 unspecified atom stereocenters. The van der Waals surface area contributed by atoms with Gasteiger partial charge in [-0.3, -0.25) is 10.1 Å². The molecule has 3 nitrogen and oxygen atoms in total. The number of nitrogens with one attached hydrogen (secondary N) is 1. The van der Waals surface area contributed by atoms with Crippen LogP contribution in [0.4, 0.5) is 5.13 Å². The van der Waals surface area contributed by atoms with E-state index in [1.54, 1.807) is 18.2 Å². The molecule has 0 spiro atoms. The molecule has 25 heavy (non-hydrogen) atoms. The van der Waals surface area contributed by atoms with E-state index in [1.807, 2.05) is 43.3 Å². The van der Waals surface area contributed by atoms with Gasteiger partial charge in [-0.15, -0.1) is 11.3 Å². The smallest absolute Gasteiger partial charge is 0.250 e. The van der Waals surface area contributed by atoms with Crippen LogP contribution in [0.15, 0.2) is 54.6 Å². The SMILES string of the molecule is Cc1sc(NC(=O)C=Cc2cccc(Cl)c2)nc1-c1cccc(Cl)c1. The Kier molecular flexibility index (Phi) is 5.53. The van der Waals surface area contributed by atoms with Crippen LogP contribution in [0.3, 0.4) is 0 Å². The monoisotopic (exact) mass is 388 g/mol. The molecule has 126 valence electrons. The third-order valence-corrected chi connectivity index (χ3v) is 4.76. The number of carbonyl (C=O) groups excluding carboxylic acids is 1. The van der Waals surface area contributed by atoms with Gasteiger partial charge in [-0.2, -0.15) is 0 Å². The Labute approximate surface area is 159 Å². The van der Waals surface area contributed by atoms with Gasteiger partial charge in [0.15, 0.2) is 5.13 Å². The number of aryl methyl sites for hydroxylation is 1. The maximum absolute atomic E-state index is 12.1. The Balaban J connectivity index is 1.73. The van der Waals surface area contributed by atoms with Crippen molar-refractivity contribution in [2.45, 2.75) is 6.92 Å². The van der Waals surface area contributed by atoms with Crippen LogP contribution < -0.4 is 5.32 Å². The molecule has 0 aliphatic rings. The Morgan fingerprint density at radius 1 is 1.12 bits per heavy atom. The number of carbonyl (C=O) groups is 1. The second-order valence-corrected chi connectivity index (χ2v) is 7.39. The molecule has 0 radical (unpaired) electrons.